The molecule has 206 valence electrons. The second-order valence-corrected chi connectivity index (χ2v) is 8.62. The summed E-state index contributed by atoms with van der Waals surface area (Å²) in [5, 5.41) is 35.7. The Hall–Kier alpha value is -3.75. The number of carboxylic acid groups (broad SMARTS) is 1. The van der Waals surface area contributed by atoms with Crippen LogP contribution in [0.2, 0.25) is 0 Å². The van der Waals surface area contributed by atoms with Crippen molar-refractivity contribution in [3.63, 3.8) is 0 Å². The average Bonchev–Trinajstić information content (AvgIpc) is 2.81. The van der Waals surface area contributed by atoms with Crippen LogP contribution in [-0.2, 0) is 30.4 Å². The van der Waals surface area contributed by atoms with Crippen LogP contribution in [0.1, 0.15) is 38.2 Å². The van der Waals surface area contributed by atoms with E-state index in [1.54, 1.807) is 0 Å². The zero-order valence-corrected chi connectivity index (χ0v) is 20.6. The van der Waals surface area contributed by atoms with E-state index in [9.17, 15) is 39.3 Å². The van der Waals surface area contributed by atoms with Gasteiger partial charge in [0.15, 0.2) is 6.04 Å². The monoisotopic (exact) mass is 524 g/mol. The molecule has 1 rings (SSSR count). The van der Waals surface area contributed by atoms with Gasteiger partial charge in [-0.25, -0.2) is 4.79 Å². The number of phenolic OH excluding ortho intramolecular Hbond substituents is 1. The van der Waals surface area contributed by atoms with Crippen LogP contribution in [0.3, 0.4) is 0 Å². The van der Waals surface area contributed by atoms with Crippen molar-refractivity contribution >= 4 is 29.6 Å². The quantitative estimate of drug-likeness (QED) is 0.100. The number of aromatic hydroxyl groups is 1. The van der Waals surface area contributed by atoms with E-state index >= 15 is 0 Å². The third-order valence-electron chi connectivity index (χ3n) is 5.39. The number of hydrogen-bond acceptors (Lipinski definition) is 9. The van der Waals surface area contributed by atoms with E-state index in [0.29, 0.717) is 24.9 Å². The van der Waals surface area contributed by atoms with Gasteiger partial charge in [0.1, 0.15) is 17.8 Å². The van der Waals surface area contributed by atoms with Gasteiger partial charge in [-0.3, -0.25) is 19.2 Å². The third-order valence-corrected chi connectivity index (χ3v) is 5.39. The zero-order chi connectivity index (χ0) is 28.1. The molecule has 0 fully saturated rings. The van der Waals surface area contributed by atoms with Crippen LogP contribution in [-0.4, -0.2) is 81.7 Å². The normalized spacial score (nSPS) is 14.9. The summed E-state index contributed by atoms with van der Waals surface area (Å²) < 4.78 is 0. The highest BCUT2D eigenvalue weighted by atomic mass is 16.4. The van der Waals surface area contributed by atoms with Crippen molar-refractivity contribution in [2.75, 3.05) is 6.54 Å². The second-order valence-electron chi connectivity index (χ2n) is 8.62. The smallest absolute Gasteiger partial charge is 0.328 e. The number of carbonyl (C=O) groups excluding carboxylic acids is 4. The predicted octanol–water partition coefficient (Wildman–Crippen LogP) is -2.81. The fourth-order valence-corrected chi connectivity index (χ4v) is 3.34. The molecule has 0 aliphatic carbocycles. The summed E-state index contributed by atoms with van der Waals surface area (Å²) in [6, 6.07) is 0.365. The van der Waals surface area contributed by atoms with Gasteiger partial charge in [0, 0.05) is 6.42 Å². The lowest BCUT2D eigenvalue weighted by molar-refractivity contribution is -0.145. The van der Waals surface area contributed by atoms with Gasteiger partial charge in [-0.2, -0.15) is 0 Å². The first-order valence-electron chi connectivity index (χ1n) is 11.7. The molecular weight excluding hydrogens is 488 g/mol. The molecule has 0 heterocycles. The van der Waals surface area contributed by atoms with Crippen molar-refractivity contribution in [2.45, 2.75) is 69.3 Å². The molecule has 4 amide bonds. The van der Waals surface area contributed by atoms with E-state index in [2.05, 4.69) is 16.0 Å². The number of nitrogens with one attached hydrogen (secondary N) is 3. The molecule has 1 aromatic carbocycles. The number of unbranched alkanes of at least 4 members (excludes halogenated alkanes) is 1. The van der Waals surface area contributed by atoms with E-state index in [1.807, 2.05) is 0 Å². The topological polar surface area (TPSA) is 260 Å². The minimum absolute atomic E-state index is 0.0242. The molecule has 0 radical (unpaired) electrons. The number of carbonyl (C=O) groups is 5. The minimum Gasteiger partial charge on any atom is -0.508 e. The largest absolute Gasteiger partial charge is 0.508 e. The summed E-state index contributed by atoms with van der Waals surface area (Å²) in [6.45, 7) is 1.52. The highest BCUT2D eigenvalue weighted by Crippen LogP contribution is 2.12. The number of carboxylic acids is 1. The van der Waals surface area contributed by atoms with Gasteiger partial charge < -0.3 is 48.5 Å². The van der Waals surface area contributed by atoms with Gasteiger partial charge in [-0.15, -0.1) is 0 Å². The van der Waals surface area contributed by atoms with E-state index in [1.165, 1.54) is 31.2 Å². The first kappa shape index (κ1) is 31.3. The van der Waals surface area contributed by atoms with Crippen molar-refractivity contribution < 1.29 is 39.3 Å². The number of primary amides is 1. The Balaban J connectivity index is 3.15. The molecule has 0 aliphatic heterocycles. The summed E-state index contributed by atoms with van der Waals surface area (Å²) >= 11 is 0. The Morgan fingerprint density at radius 2 is 1.49 bits per heavy atom. The molecule has 0 saturated heterocycles. The van der Waals surface area contributed by atoms with Crippen molar-refractivity contribution in [2.24, 2.45) is 17.2 Å². The standard InChI is InChI=1S/C23H36N6O8/c1-12(30)19(23(36)37)29-22(35)17(10-13-5-7-14(31)8-6-13)28-21(34)16(4-2-3-9-24)27-20(33)15(25)11-18(26)32/h5-8,12,15-17,19,30-31H,2-4,9-11,24-25H2,1H3,(H2,26,32)(H,27,33)(H,28,34)(H,29,35)(H,36,37). The van der Waals surface area contributed by atoms with Crippen molar-refractivity contribution in [1.82, 2.24) is 16.0 Å². The van der Waals surface area contributed by atoms with Crippen molar-refractivity contribution in [3.8, 4) is 5.75 Å². The number of aliphatic carboxylic acids is 1. The number of rotatable bonds is 16. The average molecular weight is 525 g/mol. The molecule has 5 atom stereocenters. The highest BCUT2D eigenvalue weighted by molar-refractivity contribution is 5.95. The summed E-state index contributed by atoms with van der Waals surface area (Å²) in [5.41, 5.74) is 16.8. The molecule has 0 aromatic heterocycles. The molecule has 0 spiro atoms. The number of hydrogen-bond donors (Lipinski definition) is 9. The maximum absolute atomic E-state index is 13.2. The van der Waals surface area contributed by atoms with Crippen LogP contribution in [0, 0.1) is 0 Å². The van der Waals surface area contributed by atoms with E-state index in [4.69, 9.17) is 17.2 Å². The Kier molecular flexibility index (Phi) is 13.0. The van der Waals surface area contributed by atoms with Gasteiger partial charge in [-0.05, 0) is 50.4 Å². The van der Waals surface area contributed by atoms with Gasteiger partial charge in [0.05, 0.1) is 18.6 Å². The fraction of sp³-hybridized carbons (Fsp3) is 0.522. The van der Waals surface area contributed by atoms with Crippen molar-refractivity contribution in [3.05, 3.63) is 29.8 Å². The first-order chi connectivity index (χ1) is 17.3. The lowest BCUT2D eigenvalue weighted by atomic mass is 10.0. The maximum atomic E-state index is 13.2. The zero-order valence-electron chi connectivity index (χ0n) is 20.6. The third kappa shape index (κ3) is 11.2. The van der Waals surface area contributed by atoms with E-state index in [0.717, 1.165) is 0 Å². The summed E-state index contributed by atoms with van der Waals surface area (Å²) in [4.78, 5) is 61.1. The van der Waals surface area contributed by atoms with Crippen LogP contribution in [0.25, 0.3) is 0 Å². The van der Waals surface area contributed by atoms with Crippen molar-refractivity contribution in [1.29, 1.82) is 0 Å². The molecule has 14 nitrogen and oxygen atoms in total. The number of phenols is 1. The molecule has 37 heavy (non-hydrogen) atoms. The highest BCUT2D eigenvalue weighted by Gasteiger charge is 2.32. The van der Waals surface area contributed by atoms with Crippen LogP contribution in [0.4, 0.5) is 0 Å². The van der Waals surface area contributed by atoms with Crippen LogP contribution in [0.15, 0.2) is 24.3 Å². The molecule has 12 N–H and O–H groups in total. The molecule has 0 saturated carbocycles. The minimum atomic E-state index is -1.64. The fourth-order valence-electron chi connectivity index (χ4n) is 3.34. The summed E-state index contributed by atoms with van der Waals surface area (Å²) in [6.07, 6.45) is -0.852. The Bertz CT molecular complexity index is 940. The number of benzene rings is 1. The predicted molar refractivity (Wildman–Crippen MR) is 132 cm³/mol. The summed E-state index contributed by atoms with van der Waals surface area (Å²) in [7, 11) is 0. The van der Waals surface area contributed by atoms with Gasteiger partial charge in [-0.1, -0.05) is 12.1 Å². The van der Waals surface area contributed by atoms with Gasteiger partial charge >= 0.3 is 5.97 Å². The molecule has 0 aliphatic rings. The Morgan fingerprint density at radius 1 is 0.919 bits per heavy atom. The number of amides is 4. The lowest BCUT2D eigenvalue weighted by Crippen LogP contribution is -2.58. The number of aliphatic hydroxyl groups is 1. The molecule has 1 aromatic rings. The Labute approximate surface area is 213 Å². The Morgan fingerprint density at radius 3 is 2.00 bits per heavy atom. The second kappa shape index (κ2) is 15.4. The SMILES string of the molecule is CC(O)C(NC(=O)C(Cc1ccc(O)cc1)NC(=O)C(CCCCN)NC(=O)C(N)CC(N)=O)C(=O)O. The number of aliphatic hydroxyl groups excluding tert-OH is 1. The summed E-state index contributed by atoms with van der Waals surface area (Å²) in [5.74, 6) is -4.77. The number of nitrogens with two attached hydrogens (primary N) is 3. The molecular formula is C23H36N6O8. The van der Waals surface area contributed by atoms with E-state index in [-0.39, 0.29) is 18.6 Å². The van der Waals surface area contributed by atoms with E-state index < -0.39 is 66.3 Å². The molecule has 0 bridgehead atoms. The van der Waals surface area contributed by atoms with Crippen LogP contribution >= 0.6 is 0 Å². The van der Waals surface area contributed by atoms with Crippen LogP contribution in [0.5, 0.6) is 5.75 Å². The van der Waals surface area contributed by atoms with Gasteiger partial charge in [0.25, 0.3) is 0 Å². The maximum Gasteiger partial charge on any atom is 0.328 e. The molecule has 14 heteroatoms. The van der Waals surface area contributed by atoms with Gasteiger partial charge in [0.2, 0.25) is 23.6 Å². The lowest BCUT2D eigenvalue weighted by Gasteiger charge is -2.26. The van der Waals surface area contributed by atoms with Crippen LogP contribution < -0.4 is 33.2 Å². The first-order valence-corrected chi connectivity index (χ1v) is 11.7. The molecule has 5 unspecified atom stereocenters.